The number of benzene rings is 1. The minimum absolute atomic E-state index is 0.0786. The summed E-state index contributed by atoms with van der Waals surface area (Å²) in [5.41, 5.74) is 1.49. The third-order valence-corrected chi connectivity index (χ3v) is 6.40. The zero-order valence-corrected chi connectivity index (χ0v) is 21.8. The predicted molar refractivity (Wildman–Crippen MR) is 134 cm³/mol. The van der Waals surface area contributed by atoms with Crippen LogP contribution in [-0.4, -0.2) is 99.9 Å². The van der Waals surface area contributed by atoms with Gasteiger partial charge in [-0.3, -0.25) is 9.80 Å². The molecule has 2 N–H and O–H groups in total. The molecule has 11 heteroatoms. The number of carbonyl (C=O) groups excluding carboxylic acids is 3. The largest absolute Gasteiger partial charge is 0.497 e. The van der Waals surface area contributed by atoms with Crippen molar-refractivity contribution in [2.45, 2.75) is 26.3 Å². The van der Waals surface area contributed by atoms with Gasteiger partial charge in [0.1, 0.15) is 11.5 Å². The number of carbonyl (C=O) groups is 3. The molecule has 11 nitrogen and oxygen atoms in total. The highest BCUT2D eigenvalue weighted by atomic mass is 16.5. The van der Waals surface area contributed by atoms with Crippen molar-refractivity contribution in [3.8, 4) is 11.5 Å². The number of ether oxygens (including phenoxy) is 3. The summed E-state index contributed by atoms with van der Waals surface area (Å²) in [6, 6.07) is 4.04. The number of nitrogens with zero attached hydrogens (tertiary/aromatic N) is 3. The summed E-state index contributed by atoms with van der Waals surface area (Å²) in [6.45, 7) is 7.28. The van der Waals surface area contributed by atoms with Gasteiger partial charge in [-0.1, -0.05) is 0 Å². The molecule has 1 fully saturated rings. The second-order valence-corrected chi connectivity index (χ2v) is 8.58. The molecule has 198 valence electrons. The van der Waals surface area contributed by atoms with E-state index in [0.717, 1.165) is 13.0 Å². The lowest BCUT2D eigenvalue weighted by atomic mass is 9.93. The van der Waals surface area contributed by atoms with Crippen LogP contribution < -0.4 is 20.1 Å². The van der Waals surface area contributed by atoms with Gasteiger partial charge in [-0.15, -0.1) is 0 Å². The quantitative estimate of drug-likeness (QED) is 0.522. The Morgan fingerprint density at radius 3 is 2.56 bits per heavy atom. The van der Waals surface area contributed by atoms with Gasteiger partial charge in [-0.25, -0.2) is 14.4 Å². The molecule has 0 radical (unpaired) electrons. The highest BCUT2D eigenvalue weighted by Crippen LogP contribution is 2.37. The zero-order chi connectivity index (χ0) is 26.2. The minimum Gasteiger partial charge on any atom is -0.497 e. The van der Waals surface area contributed by atoms with Crippen molar-refractivity contribution in [1.29, 1.82) is 0 Å². The average molecular weight is 504 g/mol. The van der Waals surface area contributed by atoms with Crippen LogP contribution in [0.15, 0.2) is 29.5 Å². The lowest BCUT2D eigenvalue weighted by molar-refractivity contribution is -0.139. The first-order chi connectivity index (χ1) is 17.3. The van der Waals surface area contributed by atoms with Crippen molar-refractivity contribution >= 4 is 18.0 Å². The average Bonchev–Trinajstić information content (AvgIpc) is 3.12. The molecule has 0 aromatic heterocycles. The van der Waals surface area contributed by atoms with E-state index in [4.69, 9.17) is 14.2 Å². The normalized spacial score (nSPS) is 18.9. The minimum atomic E-state index is -0.786. The van der Waals surface area contributed by atoms with Crippen LogP contribution in [0.3, 0.4) is 0 Å². The van der Waals surface area contributed by atoms with E-state index >= 15 is 0 Å². The fourth-order valence-electron chi connectivity index (χ4n) is 4.50. The van der Waals surface area contributed by atoms with E-state index in [1.54, 1.807) is 44.2 Å². The Balaban J connectivity index is 2.00. The van der Waals surface area contributed by atoms with E-state index in [0.29, 0.717) is 61.1 Å². The summed E-state index contributed by atoms with van der Waals surface area (Å²) in [7, 11) is 4.73. The number of rotatable bonds is 8. The second-order valence-electron chi connectivity index (χ2n) is 8.58. The monoisotopic (exact) mass is 503 g/mol. The number of methoxy groups -OCH3 is 2. The maximum Gasteiger partial charge on any atom is 0.338 e. The van der Waals surface area contributed by atoms with Crippen LogP contribution in [0, 0.1) is 0 Å². The number of amides is 4. The summed E-state index contributed by atoms with van der Waals surface area (Å²) in [5, 5.41) is 5.77. The summed E-state index contributed by atoms with van der Waals surface area (Å²) >= 11 is 0. The van der Waals surface area contributed by atoms with Gasteiger partial charge in [0.15, 0.2) is 0 Å². The molecule has 1 aromatic rings. The van der Waals surface area contributed by atoms with Crippen molar-refractivity contribution in [3.63, 3.8) is 0 Å². The highest BCUT2D eigenvalue weighted by molar-refractivity contribution is 5.95. The second kappa shape index (κ2) is 12.5. The molecule has 2 aliphatic heterocycles. The zero-order valence-electron chi connectivity index (χ0n) is 21.8. The van der Waals surface area contributed by atoms with Crippen LogP contribution in [0.25, 0.3) is 0 Å². The van der Waals surface area contributed by atoms with Gasteiger partial charge in [-0.2, -0.15) is 0 Å². The van der Waals surface area contributed by atoms with Crippen LogP contribution in [0.2, 0.25) is 0 Å². The fraction of sp³-hybridized carbons (Fsp3) is 0.560. The van der Waals surface area contributed by atoms with Crippen LogP contribution in [0.1, 0.15) is 31.9 Å². The topological polar surface area (TPSA) is 113 Å². The lowest BCUT2D eigenvalue weighted by Gasteiger charge is -2.37. The number of hydrogen-bond acceptors (Lipinski definition) is 7. The predicted octanol–water partition coefficient (Wildman–Crippen LogP) is 1.95. The molecule has 1 unspecified atom stereocenters. The van der Waals surface area contributed by atoms with Crippen LogP contribution in [-0.2, 0) is 9.53 Å². The number of esters is 1. The molecule has 0 spiro atoms. The third kappa shape index (κ3) is 6.01. The summed E-state index contributed by atoms with van der Waals surface area (Å²) in [5.74, 6) is 0.578. The Labute approximate surface area is 212 Å². The van der Waals surface area contributed by atoms with Gasteiger partial charge in [0.25, 0.3) is 0 Å². The van der Waals surface area contributed by atoms with E-state index in [1.165, 1.54) is 12.0 Å². The van der Waals surface area contributed by atoms with Gasteiger partial charge in [-0.05, 0) is 38.5 Å². The van der Waals surface area contributed by atoms with Crippen molar-refractivity contribution < 1.29 is 28.6 Å². The molecule has 2 aliphatic rings. The van der Waals surface area contributed by atoms with E-state index in [2.05, 4.69) is 15.5 Å². The van der Waals surface area contributed by atoms with Gasteiger partial charge in [0.2, 0.25) is 0 Å². The van der Waals surface area contributed by atoms with Crippen LogP contribution in [0.4, 0.5) is 9.59 Å². The standard InChI is InChI=1S/C25H37N5O6/c1-6-26-24(32)30-12-8-11-29(13-14-30)16-19-21(23(31)36-7-2)22(27-25(33)28(19)3)18-15-17(34-4)9-10-20(18)35-5/h9-10,15,22H,6-8,11-14,16H2,1-5H3,(H,26,32)(H,27,33). The molecule has 3 rings (SSSR count). The molecule has 1 atom stereocenters. The van der Waals surface area contributed by atoms with Crippen molar-refractivity contribution in [3.05, 3.63) is 35.0 Å². The molecule has 0 aliphatic carbocycles. The fourth-order valence-corrected chi connectivity index (χ4v) is 4.50. The molecule has 1 aromatic carbocycles. The molecule has 0 saturated carbocycles. The van der Waals surface area contributed by atoms with Gasteiger partial charge in [0, 0.05) is 57.6 Å². The van der Waals surface area contributed by atoms with E-state index in [1.807, 2.05) is 6.92 Å². The summed E-state index contributed by atoms with van der Waals surface area (Å²) < 4.78 is 16.4. The van der Waals surface area contributed by atoms with E-state index < -0.39 is 12.0 Å². The summed E-state index contributed by atoms with van der Waals surface area (Å²) in [6.07, 6.45) is 0.780. The Bertz CT molecular complexity index is 997. The number of hydrogen-bond donors (Lipinski definition) is 2. The Morgan fingerprint density at radius 1 is 1.11 bits per heavy atom. The van der Waals surface area contributed by atoms with Crippen LogP contribution in [0.5, 0.6) is 11.5 Å². The molecular formula is C25H37N5O6. The van der Waals surface area contributed by atoms with Gasteiger partial charge >= 0.3 is 18.0 Å². The highest BCUT2D eigenvalue weighted by Gasteiger charge is 2.39. The first kappa shape index (κ1) is 27.1. The molecule has 1 saturated heterocycles. The van der Waals surface area contributed by atoms with E-state index in [9.17, 15) is 14.4 Å². The number of likely N-dealkylation sites (N-methyl/N-ethyl adjacent to an activating group) is 1. The molecule has 4 amide bonds. The van der Waals surface area contributed by atoms with Crippen molar-refractivity contribution in [2.75, 3.05) is 67.1 Å². The first-order valence-electron chi connectivity index (χ1n) is 12.3. The van der Waals surface area contributed by atoms with Crippen molar-refractivity contribution in [2.24, 2.45) is 0 Å². The van der Waals surface area contributed by atoms with E-state index in [-0.39, 0.29) is 18.7 Å². The molecule has 2 heterocycles. The SMILES string of the molecule is CCNC(=O)N1CCCN(CC2=C(C(=O)OCC)C(c3cc(OC)ccc3OC)NC(=O)N2C)CC1. The number of urea groups is 2. The smallest absolute Gasteiger partial charge is 0.338 e. The number of nitrogens with one attached hydrogen (secondary N) is 2. The summed E-state index contributed by atoms with van der Waals surface area (Å²) in [4.78, 5) is 44.1. The van der Waals surface area contributed by atoms with Crippen molar-refractivity contribution in [1.82, 2.24) is 25.3 Å². The Kier molecular flexibility index (Phi) is 9.40. The molecule has 0 bridgehead atoms. The molecule has 36 heavy (non-hydrogen) atoms. The third-order valence-electron chi connectivity index (χ3n) is 6.40. The maximum atomic E-state index is 13.3. The Hall–Kier alpha value is -3.47. The lowest BCUT2D eigenvalue weighted by Crippen LogP contribution is -2.49. The first-order valence-corrected chi connectivity index (χ1v) is 12.3. The molecular weight excluding hydrogens is 466 g/mol. The van der Waals surface area contributed by atoms with Crippen LogP contribution >= 0.6 is 0 Å². The Morgan fingerprint density at radius 2 is 1.89 bits per heavy atom. The van der Waals surface area contributed by atoms with Gasteiger partial charge < -0.3 is 29.7 Å². The maximum absolute atomic E-state index is 13.3. The van der Waals surface area contributed by atoms with Gasteiger partial charge in [0.05, 0.1) is 32.4 Å².